The molecule has 0 atom stereocenters. The average molecular weight is 441 g/mol. The lowest BCUT2D eigenvalue weighted by Gasteiger charge is -2.20. The minimum atomic E-state index is -3.75. The van der Waals surface area contributed by atoms with E-state index in [0.29, 0.717) is 15.8 Å². The third kappa shape index (κ3) is 5.74. The number of carbonyl (C=O) groups excluding carboxylic acids is 1. The highest BCUT2D eigenvalue weighted by Gasteiger charge is 2.18. The van der Waals surface area contributed by atoms with E-state index >= 15 is 0 Å². The lowest BCUT2D eigenvalue weighted by Crippen LogP contribution is -2.27. The molecule has 0 spiro atoms. The maximum Gasteiger partial charge on any atom is 0.412 e. The molecule has 0 saturated carbocycles. The van der Waals surface area contributed by atoms with Crippen molar-refractivity contribution in [2.45, 2.75) is 38.2 Å². The standard InChI is InChI=1S/C18H21BrN2O4S/c1-12-5-8-14(9-6-12)26(23,24)21-16-11-13(7-10-15(16)19)20-17(22)25-18(2,3)4/h5-11,21H,1-4H3,(H,20,22). The van der Waals surface area contributed by atoms with Gasteiger partial charge in [-0.15, -0.1) is 0 Å². The molecule has 0 aliphatic heterocycles. The second kappa shape index (κ2) is 7.67. The molecule has 2 aromatic rings. The first-order valence-electron chi connectivity index (χ1n) is 7.85. The van der Waals surface area contributed by atoms with Crippen molar-refractivity contribution >= 4 is 43.4 Å². The molecular formula is C18H21BrN2O4S. The first-order valence-corrected chi connectivity index (χ1v) is 10.1. The minimum Gasteiger partial charge on any atom is -0.444 e. The zero-order valence-electron chi connectivity index (χ0n) is 15.0. The number of anilines is 2. The third-order valence-electron chi connectivity index (χ3n) is 3.19. The molecule has 0 unspecified atom stereocenters. The summed E-state index contributed by atoms with van der Waals surface area (Å²) in [6.07, 6.45) is -0.618. The van der Waals surface area contributed by atoms with Crippen LogP contribution in [0, 0.1) is 6.92 Å². The summed E-state index contributed by atoms with van der Waals surface area (Å²) in [5.41, 5.74) is 1.05. The molecular weight excluding hydrogens is 420 g/mol. The molecule has 0 saturated heterocycles. The number of ether oxygens (including phenoxy) is 1. The van der Waals surface area contributed by atoms with Gasteiger partial charge in [0.2, 0.25) is 0 Å². The lowest BCUT2D eigenvalue weighted by atomic mass is 10.2. The zero-order valence-corrected chi connectivity index (χ0v) is 17.4. The molecule has 6 nitrogen and oxygen atoms in total. The maximum atomic E-state index is 12.5. The first-order chi connectivity index (χ1) is 12.0. The SMILES string of the molecule is Cc1ccc(S(=O)(=O)Nc2cc(NC(=O)OC(C)(C)C)ccc2Br)cc1. The van der Waals surface area contributed by atoms with E-state index < -0.39 is 21.7 Å². The summed E-state index contributed by atoms with van der Waals surface area (Å²) in [7, 11) is -3.75. The number of amides is 1. The van der Waals surface area contributed by atoms with Crippen LogP contribution in [0.2, 0.25) is 0 Å². The normalized spacial score (nSPS) is 11.7. The lowest BCUT2D eigenvalue weighted by molar-refractivity contribution is 0.0636. The fourth-order valence-electron chi connectivity index (χ4n) is 2.02. The van der Waals surface area contributed by atoms with Gasteiger partial charge in [-0.05, 0) is 74.0 Å². The van der Waals surface area contributed by atoms with Crippen LogP contribution in [0.15, 0.2) is 51.8 Å². The first kappa shape index (κ1) is 20.3. The van der Waals surface area contributed by atoms with Crippen molar-refractivity contribution in [3.63, 3.8) is 0 Å². The van der Waals surface area contributed by atoms with Gasteiger partial charge in [-0.25, -0.2) is 13.2 Å². The second-order valence-electron chi connectivity index (χ2n) is 6.74. The number of sulfonamides is 1. The van der Waals surface area contributed by atoms with E-state index in [0.717, 1.165) is 5.56 Å². The smallest absolute Gasteiger partial charge is 0.412 e. The van der Waals surface area contributed by atoms with E-state index in [2.05, 4.69) is 26.0 Å². The molecule has 26 heavy (non-hydrogen) atoms. The van der Waals surface area contributed by atoms with Gasteiger partial charge in [-0.3, -0.25) is 10.0 Å². The summed E-state index contributed by atoms with van der Waals surface area (Å²) in [6.45, 7) is 7.16. The van der Waals surface area contributed by atoms with E-state index in [1.807, 2.05) is 6.92 Å². The van der Waals surface area contributed by atoms with Crippen molar-refractivity contribution in [1.82, 2.24) is 0 Å². The molecule has 8 heteroatoms. The van der Waals surface area contributed by atoms with Crippen LogP contribution in [0.4, 0.5) is 16.2 Å². The van der Waals surface area contributed by atoms with Crippen molar-refractivity contribution in [1.29, 1.82) is 0 Å². The average Bonchev–Trinajstić information content (AvgIpc) is 2.49. The Morgan fingerprint density at radius 3 is 2.27 bits per heavy atom. The highest BCUT2D eigenvalue weighted by Crippen LogP contribution is 2.28. The summed E-state index contributed by atoms with van der Waals surface area (Å²) >= 11 is 3.31. The van der Waals surface area contributed by atoms with Gasteiger partial charge in [0.05, 0.1) is 10.6 Å². The largest absolute Gasteiger partial charge is 0.444 e. The molecule has 1 amide bonds. The molecule has 0 fully saturated rings. The van der Waals surface area contributed by atoms with E-state index in [-0.39, 0.29) is 4.90 Å². The molecule has 0 aromatic heterocycles. The van der Waals surface area contributed by atoms with E-state index in [9.17, 15) is 13.2 Å². The number of halogens is 1. The molecule has 2 rings (SSSR count). The number of hydrogen-bond acceptors (Lipinski definition) is 4. The molecule has 0 heterocycles. The fraction of sp³-hybridized carbons (Fsp3) is 0.278. The molecule has 0 aliphatic rings. The number of benzene rings is 2. The molecule has 140 valence electrons. The van der Waals surface area contributed by atoms with Crippen molar-refractivity contribution in [2.75, 3.05) is 10.0 Å². The van der Waals surface area contributed by atoms with Crippen LogP contribution < -0.4 is 10.0 Å². The van der Waals surface area contributed by atoms with Gasteiger partial charge >= 0.3 is 6.09 Å². The van der Waals surface area contributed by atoms with Crippen LogP contribution in [-0.2, 0) is 14.8 Å². The van der Waals surface area contributed by atoms with Crippen LogP contribution in [0.25, 0.3) is 0 Å². The predicted octanol–water partition coefficient (Wildman–Crippen LogP) is 4.91. The second-order valence-corrected chi connectivity index (χ2v) is 9.28. The predicted molar refractivity (Wildman–Crippen MR) is 106 cm³/mol. The van der Waals surface area contributed by atoms with Gasteiger partial charge in [0.1, 0.15) is 5.60 Å². The molecule has 0 radical (unpaired) electrons. The van der Waals surface area contributed by atoms with Crippen molar-refractivity contribution < 1.29 is 17.9 Å². The highest BCUT2D eigenvalue weighted by molar-refractivity contribution is 9.10. The quantitative estimate of drug-likeness (QED) is 0.707. The maximum absolute atomic E-state index is 12.5. The van der Waals surface area contributed by atoms with Crippen LogP contribution in [-0.4, -0.2) is 20.1 Å². The Labute approximate surface area is 162 Å². The summed E-state index contributed by atoms with van der Waals surface area (Å²) in [6, 6.07) is 11.3. The Morgan fingerprint density at radius 1 is 1.08 bits per heavy atom. The van der Waals surface area contributed by atoms with Gasteiger partial charge in [0.15, 0.2) is 0 Å². The molecule has 2 N–H and O–H groups in total. The molecule has 0 bridgehead atoms. The Bertz CT molecular complexity index is 904. The van der Waals surface area contributed by atoms with Gasteiger partial charge in [0, 0.05) is 10.2 Å². The summed E-state index contributed by atoms with van der Waals surface area (Å²) in [4.78, 5) is 12.0. The highest BCUT2D eigenvalue weighted by atomic mass is 79.9. The summed E-state index contributed by atoms with van der Waals surface area (Å²) < 4.78 is 33.3. The van der Waals surface area contributed by atoms with E-state index in [1.165, 1.54) is 18.2 Å². The van der Waals surface area contributed by atoms with Crippen LogP contribution >= 0.6 is 15.9 Å². The summed E-state index contributed by atoms with van der Waals surface area (Å²) in [5, 5.41) is 2.58. The van der Waals surface area contributed by atoms with Crippen LogP contribution in [0.3, 0.4) is 0 Å². The van der Waals surface area contributed by atoms with Crippen molar-refractivity contribution in [2.24, 2.45) is 0 Å². The Morgan fingerprint density at radius 2 is 1.69 bits per heavy atom. The monoisotopic (exact) mass is 440 g/mol. The zero-order chi connectivity index (χ0) is 19.5. The van der Waals surface area contributed by atoms with Gasteiger partial charge < -0.3 is 4.74 Å². The van der Waals surface area contributed by atoms with Crippen molar-refractivity contribution in [3.8, 4) is 0 Å². The summed E-state index contributed by atoms with van der Waals surface area (Å²) in [5.74, 6) is 0. The molecule has 0 aliphatic carbocycles. The third-order valence-corrected chi connectivity index (χ3v) is 5.26. The Balaban J connectivity index is 2.22. The molecule has 2 aromatic carbocycles. The van der Waals surface area contributed by atoms with Crippen LogP contribution in [0.5, 0.6) is 0 Å². The minimum absolute atomic E-state index is 0.153. The number of hydrogen-bond donors (Lipinski definition) is 2. The number of carbonyl (C=O) groups is 1. The van der Waals surface area contributed by atoms with Crippen LogP contribution in [0.1, 0.15) is 26.3 Å². The number of rotatable bonds is 4. The fourth-order valence-corrected chi connectivity index (χ4v) is 3.57. The van der Waals surface area contributed by atoms with Gasteiger partial charge in [0.25, 0.3) is 10.0 Å². The number of aryl methyl sites for hydroxylation is 1. The number of nitrogens with one attached hydrogen (secondary N) is 2. The van der Waals surface area contributed by atoms with Crippen molar-refractivity contribution in [3.05, 3.63) is 52.5 Å². The Kier molecular flexibility index (Phi) is 5.98. The Hall–Kier alpha value is -2.06. The van der Waals surface area contributed by atoms with Gasteiger partial charge in [-0.2, -0.15) is 0 Å². The van der Waals surface area contributed by atoms with Gasteiger partial charge in [-0.1, -0.05) is 17.7 Å². The van der Waals surface area contributed by atoms with E-state index in [4.69, 9.17) is 4.74 Å². The topological polar surface area (TPSA) is 84.5 Å². The van der Waals surface area contributed by atoms with E-state index in [1.54, 1.807) is 45.0 Å².